The van der Waals surface area contributed by atoms with Crippen LogP contribution in [0.25, 0.3) is 0 Å². The molecule has 0 aliphatic carbocycles. The van der Waals surface area contributed by atoms with Crippen molar-refractivity contribution in [1.29, 1.82) is 0 Å². The lowest BCUT2D eigenvalue weighted by atomic mass is 10.1. The normalized spacial score (nSPS) is 12.5. The predicted molar refractivity (Wildman–Crippen MR) is 102 cm³/mol. The molecule has 25 heavy (non-hydrogen) atoms. The van der Waals surface area contributed by atoms with E-state index in [1.807, 2.05) is 19.1 Å². The molecule has 0 radical (unpaired) electrons. The molecule has 0 bridgehead atoms. The van der Waals surface area contributed by atoms with Gasteiger partial charge in [-0.3, -0.25) is 9.10 Å². The van der Waals surface area contributed by atoms with E-state index in [1.165, 1.54) is 11.4 Å². The number of hydrogen-bond donors (Lipinski definition) is 1. The van der Waals surface area contributed by atoms with Gasteiger partial charge in [-0.05, 0) is 55.8 Å². The summed E-state index contributed by atoms with van der Waals surface area (Å²) in [6.45, 7) is 3.48. The van der Waals surface area contributed by atoms with Gasteiger partial charge in [0.05, 0.1) is 17.5 Å². The number of carbonyl (C=O) groups excluding carboxylic acids is 1. The molecule has 2 aromatic carbocycles. The number of nitrogens with zero attached hydrogens (tertiary/aromatic N) is 1. The van der Waals surface area contributed by atoms with Crippen LogP contribution in [0.4, 0.5) is 5.69 Å². The highest BCUT2D eigenvalue weighted by atomic mass is 35.5. The van der Waals surface area contributed by atoms with Gasteiger partial charge in [-0.2, -0.15) is 0 Å². The van der Waals surface area contributed by atoms with E-state index in [2.05, 4.69) is 5.32 Å². The highest BCUT2D eigenvalue weighted by Gasteiger charge is 2.17. The Morgan fingerprint density at radius 3 is 2.20 bits per heavy atom. The highest BCUT2D eigenvalue weighted by Crippen LogP contribution is 2.19. The molecule has 1 atom stereocenters. The summed E-state index contributed by atoms with van der Waals surface area (Å²) < 4.78 is 25.0. The minimum atomic E-state index is -3.32. The Morgan fingerprint density at radius 2 is 1.68 bits per heavy atom. The van der Waals surface area contributed by atoms with E-state index in [0.717, 1.165) is 5.56 Å². The first kappa shape index (κ1) is 19.3. The van der Waals surface area contributed by atoms with Gasteiger partial charge >= 0.3 is 0 Å². The molecule has 1 N–H and O–H groups in total. The lowest BCUT2D eigenvalue weighted by Gasteiger charge is -2.19. The second kappa shape index (κ2) is 7.89. The van der Waals surface area contributed by atoms with Crippen molar-refractivity contribution >= 4 is 33.2 Å². The number of sulfonamides is 1. The molecule has 134 valence electrons. The zero-order valence-electron chi connectivity index (χ0n) is 14.4. The summed E-state index contributed by atoms with van der Waals surface area (Å²) in [7, 11) is -1.82. The van der Waals surface area contributed by atoms with Crippen molar-refractivity contribution in [3.63, 3.8) is 0 Å². The molecule has 5 nitrogen and oxygen atoms in total. The van der Waals surface area contributed by atoms with Crippen LogP contribution in [0.2, 0.25) is 5.02 Å². The molecule has 0 saturated heterocycles. The average Bonchev–Trinajstić information content (AvgIpc) is 2.61. The predicted octanol–water partition coefficient (Wildman–Crippen LogP) is 3.62. The number of carbonyl (C=O) groups is 1. The van der Waals surface area contributed by atoms with E-state index in [-0.39, 0.29) is 17.7 Å². The van der Waals surface area contributed by atoms with E-state index in [0.29, 0.717) is 16.3 Å². The molecule has 0 heterocycles. The summed E-state index contributed by atoms with van der Waals surface area (Å²) in [6, 6.07) is 13.6. The Balaban J connectivity index is 2.09. The Labute approximate surface area is 153 Å². The average molecular weight is 381 g/mol. The molecular weight excluding hydrogens is 360 g/mol. The van der Waals surface area contributed by atoms with Gasteiger partial charge < -0.3 is 5.32 Å². The first-order valence-electron chi connectivity index (χ1n) is 7.87. The molecule has 0 fully saturated rings. The fourth-order valence-electron chi connectivity index (χ4n) is 2.29. The Hall–Kier alpha value is -2.05. The first-order valence-corrected chi connectivity index (χ1v) is 9.86. The lowest BCUT2D eigenvalue weighted by Crippen LogP contribution is -2.28. The highest BCUT2D eigenvalue weighted by molar-refractivity contribution is 7.92. The van der Waals surface area contributed by atoms with Crippen molar-refractivity contribution in [3.8, 4) is 0 Å². The molecule has 0 aliphatic rings. The Morgan fingerprint density at radius 1 is 1.12 bits per heavy atom. The third-order valence-corrected chi connectivity index (χ3v) is 6.02. The molecule has 0 aromatic heterocycles. The fraction of sp³-hybridized carbons (Fsp3) is 0.278. The van der Waals surface area contributed by atoms with Gasteiger partial charge in [0, 0.05) is 17.6 Å². The van der Waals surface area contributed by atoms with Gasteiger partial charge in [-0.15, -0.1) is 0 Å². The molecule has 2 aromatic rings. The molecular formula is C18H21ClN2O3S. The molecule has 2 rings (SSSR count). The van der Waals surface area contributed by atoms with Gasteiger partial charge in [0.15, 0.2) is 0 Å². The van der Waals surface area contributed by atoms with Crippen LogP contribution >= 0.6 is 11.6 Å². The van der Waals surface area contributed by atoms with Crippen molar-refractivity contribution < 1.29 is 13.2 Å². The van der Waals surface area contributed by atoms with Crippen LogP contribution < -0.4 is 9.62 Å². The lowest BCUT2D eigenvalue weighted by molar-refractivity contribution is 0.0940. The number of rotatable bonds is 6. The van der Waals surface area contributed by atoms with E-state index in [4.69, 9.17) is 11.6 Å². The van der Waals surface area contributed by atoms with E-state index >= 15 is 0 Å². The van der Waals surface area contributed by atoms with E-state index in [1.54, 1.807) is 43.3 Å². The summed E-state index contributed by atoms with van der Waals surface area (Å²) in [4.78, 5) is 12.4. The summed E-state index contributed by atoms with van der Waals surface area (Å²) in [5.41, 5.74) is 1.93. The zero-order chi connectivity index (χ0) is 18.6. The zero-order valence-corrected chi connectivity index (χ0v) is 15.9. The monoisotopic (exact) mass is 380 g/mol. The summed E-state index contributed by atoms with van der Waals surface area (Å²) in [5, 5.41) is 3.55. The number of benzene rings is 2. The maximum atomic E-state index is 12.4. The third-order valence-electron chi connectivity index (χ3n) is 3.99. The van der Waals surface area contributed by atoms with Crippen LogP contribution in [-0.2, 0) is 10.0 Å². The Bertz CT molecular complexity index is 834. The smallest absolute Gasteiger partial charge is 0.251 e. The molecule has 0 saturated carbocycles. The van der Waals surface area contributed by atoms with Gasteiger partial charge in [-0.25, -0.2) is 8.42 Å². The second-order valence-electron chi connectivity index (χ2n) is 5.66. The van der Waals surface area contributed by atoms with E-state index in [9.17, 15) is 13.2 Å². The van der Waals surface area contributed by atoms with Crippen LogP contribution in [0.5, 0.6) is 0 Å². The number of hydrogen-bond acceptors (Lipinski definition) is 3. The van der Waals surface area contributed by atoms with Crippen molar-refractivity contribution in [2.75, 3.05) is 17.1 Å². The Kier molecular flexibility index (Phi) is 6.08. The number of amides is 1. The van der Waals surface area contributed by atoms with Crippen LogP contribution in [0.1, 0.15) is 35.8 Å². The molecule has 1 amide bonds. The molecule has 7 heteroatoms. The second-order valence-corrected chi connectivity index (χ2v) is 8.39. The van der Waals surface area contributed by atoms with Gasteiger partial charge in [0.2, 0.25) is 10.0 Å². The topological polar surface area (TPSA) is 66.5 Å². The number of halogens is 1. The van der Waals surface area contributed by atoms with Crippen molar-refractivity contribution in [3.05, 3.63) is 64.7 Å². The van der Waals surface area contributed by atoms with Crippen molar-refractivity contribution in [2.24, 2.45) is 0 Å². The minimum absolute atomic E-state index is 0.0182. The van der Waals surface area contributed by atoms with Gasteiger partial charge in [0.25, 0.3) is 5.91 Å². The first-order chi connectivity index (χ1) is 11.7. The summed E-state index contributed by atoms with van der Waals surface area (Å²) >= 11 is 5.87. The number of nitrogens with one attached hydrogen (secondary N) is 1. The summed E-state index contributed by atoms with van der Waals surface area (Å²) in [6.07, 6.45) is 0. The number of anilines is 1. The molecule has 0 aliphatic heterocycles. The van der Waals surface area contributed by atoms with Gasteiger partial charge in [-0.1, -0.05) is 23.7 Å². The molecule has 0 spiro atoms. The van der Waals surface area contributed by atoms with Crippen LogP contribution in [0, 0.1) is 0 Å². The van der Waals surface area contributed by atoms with Crippen molar-refractivity contribution in [1.82, 2.24) is 5.32 Å². The maximum absolute atomic E-state index is 12.4. The SMILES string of the molecule is CCS(=O)(=O)N(C)c1ccc(C(=O)N[C@H](C)c2ccc(Cl)cc2)cc1. The van der Waals surface area contributed by atoms with Crippen LogP contribution in [0.15, 0.2) is 48.5 Å². The van der Waals surface area contributed by atoms with E-state index < -0.39 is 10.0 Å². The van der Waals surface area contributed by atoms with Crippen molar-refractivity contribution in [2.45, 2.75) is 19.9 Å². The standard InChI is InChI=1S/C18H21ClN2O3S/c1-4-25(23,24)21(3)17-11-7-15(8-12-17)18(22)20-13(2)14-5-9-16(19)10-6-14/h5-13H,4H2,1-3H3,(H,20,22)/t13-/m1/s1. The largest absolute Gasteiger partial charge is 0.346 e. The van der Waals surface area contributed by atoms with Crippen LogP contribution in [-0.4, -0.2) is 27.1 Å². The fourth-order valence-corrected chi connectivity index (χ4v) is 3.25. The quantitative estimate of drug-likeness (QED) is 0.832. The maximum Gasteiger partial charge on any atom is 0.251 e. The minimum Gasteiger partial charge on any atom is -0.346 e. The molecule has 0 unspecified atom stereocenters. The summed E-state index contributed by atoms with van der Waals surface area (Å²) in [5.74, 6) is -0.209. The van der Waals surface area contributed by atoms with Gasteiger partial charge in [0.1, 0.15) is 0 Å². The van der Waals surface area contributed by atoms with Crippen LogP contribution in [0.3, 0.4) is 0 Å². The third kappa shape index (κ3) is 4.74.